The topological polar surface area (TPSA) is 71.7 Å². The monoisotopic (exact) mass is 345 g/mol. The van der Waals surface area contributed by atoms with E-state index >= 15 is 0 Å². The van der Waals surface area contributed by atoms with E-state index in [0.29, 0.717) is 22.0 Å². The Bertz CT molecular complexity index is 871. The van der Waals surface area contributed by atoms with Crippen LogP contribution in [0.5, 0.6) is 5.75 Å². The van der Waals surface area contributed by atoms with Crippen LogP contribution in [0.1, 0.15) is 16.1 Å². The molecule has 0 atom stereocenters. The van der Waals surface area contributed by atoms with Gasteiger partial charge >= 0.3 is 0 Å². The Morgan fingerprint density at radius 3 is 2.67 bits per heavy atom. The summed E-state index contributed by atoms with van der Waals surface area (Å²) in [6, 6.07) is 12.3. The maximum absolute atomic E-state index is 12.5. The summed E-state index contributed by atoms with van der Waals surface area (Å²) in [6.07, 6.45) is 0. The lowest BCUT2D eigenvalue weighted by Gasteiger charge is -2.07. The van der Waals surface area contributed by atoms with Crippen LogP contribution in [0.3, 0.4) is 0 Å². The number of benzene rings is 2. The average molecular weight is 346 g/mol. The van der Waals surface area contributed by atoms with Crippen LogP contribution < -0.4 is 10.1 Å². The summed E-state index contributed by atoms with van der Waals surface area (Å²) in [6.45, 7) is 2.00. The van der Waals surface area contributed by atoms with E-state index in [9.17, 15) is 4.79 Å². The normalized spacial score (nSPS) is 10.8. The lowest BCUT2D eigenvalue weighted by molar-refractivity contribution is 0.0998. The molecule has 24 heavy (non-hydrogen) atoms. The van der Waals surface area contributed by atoms with Crippen molar-refractivity contribution in [3.63, 3.8) is 0 Å². The van der Waals surface area contributed by atoms with Crippen LogP contribution >= 0.6 is 11.6 Å². The number of anilines is 1. The van der Waals surface area contributed by atoms with Crippen molar-refractivity contribution in [1.82, 2.24) is 0 Å². The van der Waals surface area contributed by atoms with E-state index in [0.717, 1.165) is 10.9 Å². The number of nitrogens with one attached hydrogen (secondary N) is 1. The van der Waals surface area contributed by atoms with Crippen LogP contribution in [-0.2, 0) is 0 Å². The molecule has 2 aromatic carbocycles. The highest BCUT2D eigenvalue weighted by molar-refractivity contribution is 6.35. The lowest BCUT2D eigenvalue weighted by atomic mass is 10.1. The van der Waals surface area contributed by atoms with Crippen molar-refractivity contribution in [1.29, 1.82) is 0 Å². The molecule has 3 aromatic rings. The molecular formula is C18H16ClNO4. The fourth-order valence-electron chi connectivity index (χ4n) is 2.41. The molecule has 0 aliphatic heterocycles. The number of para-hydroxylation sites is 1. The molecule has 1 heterocycles. The maximum Gasteiger partial charge on any atom is 0.291 e. The van der Waals surface area contributed by atoms with Crippen molar-refractivity contribution in [2.24, 2.45) is 0 Å². The van der Waals surface area contributed by atoms with E-state index in [-0.39, 0.29) is 24.9 Å². The van der Waals surface area contributed by atoms with Crippen LogP contribution in [-0.4, -0.2) is 24.2 Å². The van der Waals surface area contributed by atoms with Crippen LogP contribution in [0.25, 0.3) is 11.0 Å². The summed E-state index contributed by atoms with van der Waals surface area (Å²) in [4.78, 5) is 12.5. The predicted octanol–water partition coefficient (Wildman–Crippen LogP) is 4.02. The number of aliphatic hydroxyl groups excluding tert-OH is 1. The summed E-state index contributed by atoms with van der Waals surface area (Å²) >= 11 is 6.11. The summed E-state index contributed by atoms with van der Waals surface area (Å²) in [5.41, 5.74) is 1.87. The first-order valence-electron chi connectivity index (χ1n) is 7.43. The molecule has 0 bridgehead atoms. The highest BCUT2D eigenvalue weighted by atomic mass is 35.5. The second-order valence-corrected chi connectivity index (χ2v) is 5.63. The minimum absolute atomic E-state index is 0.0492. The van der Waals surface area contributed by atoms with E-state index < -0.39 is 0 Å². The van der Waals surface area contributed by atoms with Crippen LogP contribution in [0, 0.1) is 6.92 Å². The van der Waals surface area contributed by atoms with Gasteiger partial charge in [0.2, 0.25) is 0 Å². The second-order valence-electron chi connectivity index (χ2n) is 5.22. The van der Waals surface area contributed by atoms with E-state index in [4.69, 9.17) is 25.9 Å². The zero-order chi connectivity index (χ0) is 17.1. The highest BCUT2D eigenvalue weighted by Gasteiger charge is 2.19. The number of furan rings is 1. The number of carbonyl (C=O) groups is 1. The van der Waals surface area contributed by atoms with E-state index in [2.05, 4.69) is 5.32 Å². The molecule has 3 rings (SSSR count). The standard InChI is InChI=1S/C18H16ClNO4/c1-11-14-3-2-4-15(19)17(14)24-16(11)18(22)20-12-5-7-13(8-6-12)23-10-9-21/h2-8,21H,9-10H2,1H3,(H,20,22). The number of hydrogen-bond donors (Lipinski definition) is 2. The summed E-state index contributed by atoms with van der Waals surface area (Å²) in [5.74, 6) is 0.510. The Balaban J connectivity index is 1.80. The quantitative estimate of drug-likeness (QED) is 0.732. The smallest absolute Gasteiger partial charge is 0.291 e. The third-order valence-electron chi connectivity index (χ3n) is 3.59. The molecule has 0 radical (unpaired) electrons. The summed E-state index contributed by atoms with van der Waals surface area (Å²) in [5, 5.41) is 12.8. The van der Waals surface area contributed by atoms with Gasteiger partial charge in [0.05, 0.1) is 11.6 Å². The minimum atomic E-state index is -0.344. The number of ether oxygens (including phenoxy) is 1. The van der Waals surface area contributed by atoms with Crippen molar-refractivity contribution < 1.29 is 19.1 Å². The van der Waals surface area contributed by atoms with Crippen molar-refractivity contribution in [3.8, 4) is 5.75 Å². The van der Waals surface area contributed by atoms with Gasteiger partial charge in [0, 0.05) is 16.6 Å². The van der Waals surface area contributed by atoms with Gasteiger partial charge in [-0.25, -0.2) is 0 Å². The fraction of sp³-hybridized carbons (Fsp3) is 0.167. The zero-order valence-electron chi connectivity index (χ0n) is 13.0. The van der Waals surface area contributed by atoms with Crippen molar-refractivity contribution >= 4 is 34.2 Å². The first kappa shape index (κ1) is 16.4. The number of carbonyl (C=O) groups excluding carboxylic acids is 1. The number of aliphatic hydroxyl groups is 1. The van der Waals surface area contributed by atoms with Crippen LogP contribution in [0.4, 0.5) is 5.69 Å². The third-order valence-corrected chi connectivity index (χ3v) is 3.89. The molecule has 1 aromatic heterocycles. The molecule has 1 amide bonds. The van der Waals surface area contributed by atoms with Gasteiger partial charge < -0.3 is 19.6 Å². The minimum Gasteiger partial charge on any atom is -0.491 e. The van der Waals surface area contributed by atoms with Gasteiger partial charge in [-0.3, -0.25) is 4.79 Å². The predicted molar refractivity (Wildman–Crippen MR) is 92.9 cm³/mol. The Hall–Kier alpha value is -2.50. The van der Waals surface area contributed by atoms with Gasteiger partial charge in [-0.2, -0.15) is 0 Å². The number of amides is 1. The van der Waals surface area contributed by atoms with Crippen LogP contribution in [0.2, 0.25) is 5.02 Å². The number of halogens is 1. The molecule has 0 saturated carbocycles. The molecular weight excluding hydrogens is 330 g/mol. The van der Waals surface area contributed by atoms with Gasteiger partial charge in [-0.05, 0) is 37.3 Å². The number of aryl methyl sites for hydroxylation is 1. The van der Waals surface area contributed by atoms with Gasteiger partial charge in [-0.1, -0.05) is 23.7 Å². The largest absolute Gasteiger partial charge is 0.491 e. The Morgan fingerprint density at radius 2 is 2.00 bits per heavy atom. The Kier molecular flexibility index (Phi) is 4.74. The number of fused-ring (bicyclic) bond motifs is 1. The number of rotatable bonds is 5. The Morgan fingerprint density at radius 1 is 1.25 bits per heavy atom. The van der Waals surface area contributed by atoms with E-state index in [1.807, 2.05) is 19.1 Å². The third kappa shape index (κ3) is 3.22. The molecule has 2 N–H and O–H groups in total. The van der Waals surface area contributed by atoms with E-state index in [1.165, 1.54) is 0 Å². The number of hydrogen-bond acceptors (Lipinski definition) is 4. The molecule has 124 valence electrons. The molecule has 0 fully saturated rings. The highest BCUT2D eigenvalue weighted by Crippen LogP contribution is 2.31. The summed E-state index contributed by atoms with van der Waals surface area (Å²) < 4.78 is 10.9. The molecule has 0 saturated heterocycles. The first-order chi connectivity index (χ1) is 11.6. The summed E-state index contributed by atoms with van der Waals surface area (Å²) in [7, 11) is 0. The molecule has 0 aliphatic carbocycles. The second kappa shape index (κ2) is 6.95. The molecule has 0 spiro atoms. The fourth-order valence-corrected chi connectivity index (χ4v) is 2.62. The lowest BCUT2D eigenvalue weighted by Crippen LogP contribution is -2.12. The molecule has 6 heteroatoms. The molecule has 5 nitrogen and oxygen atoms in total. The van der Waals surface area contributed by atoms with Crippen molar-refractivity contribution in [2.75, 3.05) is 18.5 Å². The zero-order valence-corrected chi connectivity index (χ0v) is 13.8. The molecule has 0 aliphatic rings. The van der Waals surface area contributed by atoms with Gasteiger partial charge in [-0.15, -0.1) is 0 Å². The Labute approximate surface area is 143 Å². The average Bonchev–Trinajstić information content (AvgIpc) is 2.93. The van der Waals surface area contributed by atoms with Gasteiger partial charge in [0.25, 0.3) is 5.91 Å². The molecule has 0 unspecified atom stereocenters. The van der Waals surface area contributed by atoms with Gasteiger partial charge in [0.15, 0.2) is 11.3 Å². The SMILES string of the molecule is Cc1c(C(=O)Nc2ccc(OCCO)cc2)oc2c(Cl)cccc12. The van der Waals surface area contributed by atoms with Crippen molar-refractivity contribution in [2.45, 2.75) is 6.92 Å². The van der Waals surface area contributed by atoms with Crippen LogP contribution in [0.15, 0.2) is 46.9 Å². The van der Waals surface area contributed by atoms with Gasteiger partial charge in [0.1, 0.15) is 12.4 Å². The van der Waals surface area contributed by atoms with Crippen molar-refractivity contribution in [3.05, 3.63) is 58.8 Å². The van der Waals surface area contributed by atoms with E-state index in [1.54, 1.807) is 30.3 Å². The first-order valence-corrected chi connectivity index (χ1v) is 7.80. The maximum atomic E-state index is 12.5.